The second-order valence-electron chi connectivity index (χ2n) is 4.36. The first-order valence-electron chi connectivity index (χ1n) is 6.08. The molecule has 2 unspecified atom stereocenters. The van der Waals surface area contributed by atoms with Gasteiger partial charge in [0.05, 0.1) is 21.0 Å². The van der Waals surface area contributed by atoms with Gasteiger partial charge in [0.25, 0.3) is 5.91 Å². The minimum absolute atomic E-state index is 0.169. The Kier molecular flexibility index (Phi) is 4.83. The van der Waals surface area contributed by atoms with Crippen molar-refractivity contribution in [3.05, 3.63) is 33.8 Å². The van der Waals surface area contributed by atoms with E-state index < -0.39 is 17.9 Å². The number of rotatable bonds is 3. The van der Waals surface area contributed by atoms with E-state index in [1.807, 2.05) is 6.92 Å². The highest BCUT2D eigenvalue weighted by Crippen LogP contribution is 2.35. The molecule has 1 saturated heterocycles. The van der Waals surface area contributed by atoms with Crippen LogP contribution in [0.15, 0.2) is 18.2 Å². The summed E-state index contributed by atoms with van der Waals surface area (Å²) in [5.41, 5.74) is 0.169. The molecular weight excluding hydrogens is 321 g/mol. The Balaban J connectivity index is 2.41. The summed E-state index contributed by atoms with van der Waals surface area (Å²) in [6.07, 6.45) is 0.669. The van der Waals surface area contributed by atoms with E-state index in [1.165, 1.54) is 16.7 Å². The molecule has 1 aromatic rings. The Labute approximate surface area is 131 Å². The smallest absolute Gasteiger partial charge is 0.327 e. The van der Waals surface area contributed by atoms with Crippen LogP contribution in [0.3, 0.4) is 0 Å². The number of amides is 1. The lowest BCUT2D eigenvalue weighted by Crippen LogP contribution is -2.45. The van der Waals surface area contributed by atoms with Crippen molar-refractivity contribution in [1.82, 2.24) is 4.90 Å². The molecule has 0 saturated carbocycles. The van der Waals surface area contributed by atoms with E-state index in [-0.39, 0.29) is 21.0 Å². The fourth-order valence-corrected chi connectivity index (χ4v) is 4.08. The van der Waals surface area contributed by atoms with Crippen LogP contribution in [0.4, 0.5) is 0 Å². The molecule has 0 aliphatic carbocycles. The SMILES string of the molecule is CCC1SCC(C(=O)O)N1C(=O)c1c(Cl)cccc1Cl. The quantitative estimate of drug-likeness (QED) is 0.921. The molecule has 20 heavy (non-hydrogen) atoms. The van der Waals surface area contributed by atoms with Crippen LogP contribution in [-0.4, -0.2) is 39.1 Å². The molecule has 1 aromatic carbocycles. The van der Waals surface area contributed by atoms with Crippen LogP contribution < -0.4 is 0 Å². The first kappa shape index (κ1) is 15.5. The van der Waals surface area contributed by atoms with Gasteiger partial charge in [-0.05, 0) is 18.6 Å². The molecule has 7 heteroatoms. The molecule has 1 heterocycles. The Morgan fingerprint density at radius 1 is 1.40 bits per heavy atom. The predicted molar refractivity (Wildman–Crippen MR) is 80.6 cm³/mol. The van der Waals surface area contributed by atoms with Gasteiger partial charge in [0.1, 0.15) is 6.04 Å². The number of carboxylic acid groups (broad SMARTS) is 1. The zero-order chi connectivity index (χ0) is 14.9. The number of aliphatic carboxylic acids is 1. The van der Waals surface area contributed by atoms with E-state index in [9.17, 15) is 14.7 Å². The van der Waals surface area contributed by atoms with E-state index in [0.29, 0.717) is 12.2 Å². The number of carboxylic acids is 1. The molecule has 1 N–H and O–H groups in total. The molecule has 0 bridgehead atoms. The van der Waals surface area contributed by atoms with Gasteiger partial charge in [-0.1, -0.05) is 36.2 Å². The highest BCUT2D eigenvalue weighted by Gasteiger charge is 2.42. The Morgan fingerprint density at radius 3 is 2.50 bits per heavy atom. The van der Waals surface area contributed by atoms with Crippen LogP contribution in [-0.2, 0) is 4.79 Å². The maximum absolute atomic E-state index is 12.7. The van der Waals surface area contributed by atoms with Gasteiger partial charge in [-0.3, -0.25) is 4.79 Å². The average molecular weight is 334 g/mol. The lowest BCUT2D eigenvalue weighted by atomic mass is 10.1. The van der Waals surface area contributed by atoms with Crippen molar-refractivity contribution < 1.29 is 14.7 Å². The maximum atomic E-state index is 12.7. The topological polar surface area (TPSA) is 57.6 Å². The standard InChI is InChI=1S/C13H13Cl2NO3S/c1-2-10-16(9(6-20-10)13(18)19)12(17)11-7(14)4-3-5-8(11)15/h3-5,9-10H,2,6H2,1H3,(H,18,19). The van der Waals surface area contributed by atoms with Crippen molar-refractivity contribution in [2.24, 2.45) is 0 Å². The summed E-state index contributed by atoms with van der Waals surface area (Å²) in [4.78, 5) is 25.3. The van der Waals surface area contributed by atoms with E-state index >= 15 is 0 Å². The summed E-state index contributed by atoms with van der Waals surface area (Å²) < 4.78 is 0. The number of thioether (sulfide) groups is 1. The van der Waals surface area contributed by atoms with Crippen molar-refractivity contribution >= 4 is 46.8 Å². The first-order chi connectivity index (χ1) is 9.47. The highest BCUT2D eigenvalue weighted by molar-refractivity contribution is 8.00. The van der Waals surface area contributed by atoms with E-state index in [4.69, 9.17) is 23.2 Å². The molecule has 1 aliphatic rings. The maximum Gasteiger partial charge on any atom is 0.327 e. The summed E-state index contributed by atoms with van der Waals surface area (Å²) in [5.74, 6) is -1.06. The Bertz CT molecular complexity index is 532. The van der Waals surface area contributed by atoms with Gasteiger partial charge >= 0.3 is 5.97 Å². The number of carbonyl (C=O) groups is 2. The van der Waals surface area contributed by atoms with Gasteiger partial charge in [-0.15, -0.1) is 11.8 Å². The van der Waals surface area contributed by atoms with Crippen molar-refractivity contribution in [3.8, 4) is 0 Å². The van der Waals surface area contributed by atoms with Crippen LogP contribution in [0.1, 0.15) is 23.7 Å². The number of benzene rings is 1. The molecule has 4 nitrogen and oxygen atoms in total. The van der Waals surface area contributed by atoms with E-state index in [0.717, 1.165) is 0 Å². The predicted octanol–water partition coefficient (Wildman–Crippen LogP) is 3.37. The van der Waals surface area contributed by atoms with Gasteiger partial charge in [-0.2, -0.15) is 0 Å². The lowest BCUT2D eigenvalue weighted by molar-refractivity contribution is -0.141. The van der Waals surface area contributed by atoms with E-state index in [2.05, 4.69) is 0 Å². The Morgan fingerprint density at radius 2 is 2.00 bits per heavy atom. The highest BCUT2D eigenvalue weighted by atomic mass is 35.5. The third-order valence-corrected chi connectivity index (χ3v) is 5.22. The lowest BCUT2D eigenvalue weighted by Gasteiger charge is -2.27. The van der Waals surface area contributed by atoms with Gasteiger partial charge in [0.15, 0.2) is 0 Å². The molecule has 1 amide bonds. The number of carbonyl (C=O) groups excluding carboxylic acids is 1. The summed E-state index contributed by atoms with van der Waals surface area (Å²) in [6, 6.07) is 3.94. The normalized spacial score (nSPS) is 22.1. The molecule has 2 atom stereocenters. The number of hydrogen-bond acceptors (Lipinski definition) is 3. The second-order valence-corrected chi connectivity index (χ2v) is 6.38. The molecule has 0 spiro atoms. The molecule has 108 valence electrons. The molecule has 1 aliphatic heterocycles. The first-order valence-corrected chi connectivity index (χ1v) is 7.89. The number of nitrogens with zero attached hydrogens (tertiary/aromatic N) is 1. The Hall–Kier alpha value is -0.910. The van der Waals surface area contributed by atoms with Crippen LogP contribution in [0.2, 0.25) is 10.0 Å². The van der Waals surface area contributed by atoms with Crippen LogP contribution in [0, 0.1) is 0 Å². The van der Waals surface area contributed by atoms with E-state index in [1.54, 1.807) is 18.2 Å². The average Bonchev–Trinajstić information content (AvgIpc) is 2.82. The molecule has 0 aromatic heterocycles. The zero-order valence-electron chi connectivity index (χ0n) is 10.7. The third-order valence-electron chi connectivity index (χ3n) is 3.14. The number of halogens is 2. The second kappa shape index (κ2) is 6.24. The fourth-order valence-electron chi connectivity index (χ4n) is 2.17. The molecule has 2 rings (SSSR count). The third kappa shape index (κ3) is 2.75. The summed E-state index contributed by atoms with van der Waals surface area (Å²) in [6.45, 7) is 1.91. The monoisotopic (exact) mass is 333 g/mol. The van der Waals surface area contributed by atoms with Crippen molar-refractivity contribution in [2.45, 2.75) is 24.8 Å². The molecule has 0 radical (unpaired) electrons. The minimum Gasteiger partial charge on any atom is -0.480 e. The van der Waals surface area contributed by atoms with Gasteiger partial charge in [0.2, 0.25) is 0 Å². The zero-order valence-corrected chi connectivity index (χ0v) is 13.0. The summed E-state index contributed by atoms with van der Waals surface area (Å²) >= 11 is 13.5. The number of hydrogen-bond donors (Lipinski definition) is 1. The van der Waals surface area contributed by atoms with Gasteiger partial charge < -0.3 is 10.0 Å². The molecular formula is C13H13Cl2NO3S. The minimum atomic E-state index is -1.01. The van der Waals surface area contributed by atoms with Gasteiger partial charge in [0, 0.05) is 5.75 Å². The van der Waals surface area contributed by atoms with Crippen LogP contribution >= 0.6 is 35.0 Å². The van der Waals surface area contributed by atoms with Crippen molar-refractivity contribution in [2.75, 3.05) is 5.75 Å². The fraction of sp³-hybridized carbons (Fsp3) is 0.385. The largest absolute Gasteiger partial charge is 0.480 e. The van der Waals surface area contributed by atoms with Crippen LogP contribution in [0.25, 0.3) is 0 Å². The van der Waals surface area contributed by atoms with Crippen molar-refractivity contribution in [1.29, 1.82) is 0 Å². The van der Waals surface area contributed by atoms with Gasteiger partial charge in [-0.25, -0.2) is 4.79 Å². The van der Waals surface area contributed by atoms with Crippen LogP contribution in [0.5, 0.6) is 0 Å². The van der Waals surface area contributed by atoms with Crippen molar-refractivity contribution in [3.63, 3.8) is 0 Å². The summed E-state index contributed by atoms with van der Waals surface area (Å²) in [5, 5.41) is 9.56. The molecule has 1 fully saturated rings. The summed E-state index contributed by atoms with van der Waals surface area (Å²) in [7, 11) is 0.